The molecule has 0 spiro atoms. The highest BCUT2D eigenvalue weighted by atomic mass is 16.2. The molecule has 0 aliphatic rings. The highest BCUT2D eigenvalue weighted by Gasteiger charge is 2.14. The van der Waals surface area contributed by atoms with E-state index in [9.17, 15) is 14.4 Å². The number of rotatable bonds is 5. The predicted octanol–water partition coefficient (Wildman–Crippen LogP) is -1.70. The molecule has 1 atom stereocenters. The van der Waals surface area contributed by atoms with Gasteiger partial charge in [-0.2, -0.15) is 0 Å². The van der Waals surface area contributed by atoms with Gasteiger partial charge in [0.1, 0.15) is 0 Å². The average molecular weight is 216 g/mol. The number of imide groups is 1. The van der Waals surface area contributed by atoms with Crippen molar-refractivity contribution in [2.24, 2.45) is 5.73 Å². The van der Waals surface area contributed by atoms with Crippen LogP contribution in [0.1, 0.15) is 13.8 Å². The summed E-state index contributed by atoms with van der Waals surface area (Å²) in [4.78, 5) is 32.6. The minimum atomic E-state index is -0.653. The van der Waals surface area contributed by atoms with E-state index in [2.05, 4.69) is 16.0 Å². The van der Waals surface area contributed by atoms with Crippen LogP contribution in [0.5, 0.6) is 0 Å². The average Bonchev–Trinajstić information content (AvgIpc) is 2.14. The Morgan fingerprint density at radius 3 is 2.40 bits per heavy atom. The molecule has 0 bridgehead atoms. The maximum atomic E-state index is 11.3. The van der Waals surface area contributed by atoms with Crippen molar-refractivity contribution in [3.05, 3.63) is 0 Å². The second kappa shape index (κ2) is 6.77. The van der Waals surface area contributed by atoms with Crippen LogP contribution in [0.15, 0.2) is 0 Å². The van der Waals surface area contributed by atoms with E-state index in [1.54, 1.807) is 6.92 Å². The molecule has 0 aromatic rings. The zero-order valence-electron chi connectivity index (χ0n) is 8.79. The molecule has 0 saturated carbocycles. The lowest BCUT2D eigenvalue weighted by Gasteiger charge is -2.12. The number of amides is 4. The second-order valence-corrected chi connectivity index (χ2v) is 2.92. The van der Waals surface area contributed by atoms with Gasteiger partial charge >= 0.3 is 6.03 Å². The molecule has 1 unspecified atom stereocenters. The zero-order valence-corrected chi connectivity index (χ0v) is 8.79. The van der Waals surface area contributed by atoms with E-state index in [-0.39, 0.29) is 6.54 Å². The third kappa shape index (κ3) is 6.44. The molecular formula is C8H16N4O3. The largest absolute Gasteiger partial charge is 0.369 e. The summed E-state index contributed by atoms with van der Waals surface area (Å²) in [6.07, 6.45) is 0. The smallest absolute Gasteiger partial charge is 0.321 e. The summed E-state index contributed by atoms with van der Waals surface area (Å²) in [7, 11) is 0. The van der Waals surface area contributed by atoms with Gasteiger partial charge in [-0.1, -0.05) is 0 Å². The van der Waals surface area contributed by atoms with Gasteiger partial charge in [-0.25, -0.2) is 4.79 Å². The zero-order chi connectivity index (χ0) is 11.8. The van der Waals surface area contributed by atoms with Crippen molar-refractivity contribution < 1.29 is 14.4 Å². The molecule has 0 aromatic carbocycles. The van der Waals surface area contributed by atoms with Crippen LogP contribution >= 0.6 is 0 Å². The molecule has 5 N–H and O–H groups in total. The van der Waals surface area contributed by atoms with Crippen LogP contribution in [0.25, 0.3) is 0 Å². The van der Waals surface area contributed by atoms with Gasteiger partial charge in [0.05, 0.1) is 12.6 Å². The Balaban J connectivity index is 3.88. The van der Waals surface area contributed by atoms with Crippen molar-refractivity contribution in [1.82, 2.24) is 16.0 Å². The summed E-state index contributed by atoms with van der Waals surface area (Å²) in [5.74, 6) is -1.07. The Morgan fingerprint density at radius 1 is 1.33 bits per heavy atom. The van der Waals surface area contributed by atoms with E-state index in [1.165, 1.54) is 6.92 Å². The number of nitrogens with two attached hydrogens (primary N) is 1. The van der Waals surface area contributed by atoms with E-state index in [0.717, 1.165) is 0 Å². The maximum absolute atomic E-state index is 11.3. The Morgan fingerprint density at radius 2 is 1.93 bits per heavy atom. The number of urea groups is 1. The van der Waals surface area contributed by atoms with Crippen LogP contribution in [0.2, 0.25) is 0 Å². The summed E-state index contributed by atoms with van der Waals surface area (Å²) in [6, 6.07) is -1.21. The number of nitrogens with one attached hydrogen (secondary N) is 3. The fourth-order valence-corrected chi connectivity index (χ4v) is 0.771. The highest BCUT2D eigenvalue weighted by molar-refractivity contribution is 5.96. The van der Waals surface area contributed by atoms with Crippen molar-refractivity contribution in [2.45, 2.75) is 19.9 Å². The van der Waals surface area contributed by atoms with Crippen LogP contribution in [-0.4, -0.2) is 37.0 Å². The molecule has 0 rings (SSSR count). The van der Waals surface area contributed by atoms with Gasteiger partial charge in [-0.3, -0.25) is 20.2 Å². The molecule has 0 saturated heterocycles. The number of primary amides is 1. The third-order valence-electron chi connectivity index (χ3n) is 1.55. The first kappa shape index (κ1) is 13.4. The molecule has 0 aromatic heterocycles. The molecule has 7 heteroatoms. The van der Waals surface area contributed by atoms with E-state index in [4.69, 9.17) is 5.73 Å². The highest BCUT2D eigenvalue weighted by Crippen LogP contribution is 1.81. The van der Waals surface area contributed by atoms with Crippen molar-refractivity contribution in [3.8, 4) is 0 Å². The first-order chi connectivity index (χ1) is 6.97. The van der Waals surface area contributed by atoms with Crippen LogP contribution in [0, 0.1) is 0 Å². The summed E-state index contributed by atoms with van der Waals surface area (Å²) in [6.45, 7) is 3.59. The number of carbonyl (C=O) groups excluding carboxylic acids is 3. The van der Waals surface area contributed by atoms with Gasteiger partial charge in [0.25, 0.3) is 0 Å². The lowest BCUT2D eigenvalue weighted by Crippen LogP contribution is -2.49. The van der Waals surface area contributed by atoms with Crippen molar-refractivity contribution in [2.75, 3.05) is 13.1 Å². The molecule has 15 heavy (non-hydrogen) atoms. The van der Waals surface area contributed by atoms with Crippen LogP contribution < -0.4 is 21.7 Å². The molecule has 4 amide bonds. The van der Waals surface area contributed by atoms with E-state index >= 15 is 0 Å². The van der Waals surface area contributed by atoms with Gasteiger partial charge in [-0.15, -0.1) is 0 Å². The fraction of sp³-hybridized carbons (Fsp3) is 0.625. The molecular weight excluding hydrogens is 200 g/mol. The maximum Gasteiger partial charge on any atom is 0.321 e. The molecule has 7 nitrogen and oxygen atoms in total. The summed E-state index contributed by atoms with van der Waals surface area (Å²) >= 11 is 0. The first-order valence-electron chi connectivity index (χ1n) is 4.57. The summed E-state index contributed by atoms with van der Waals surface area (Å²) in [5.41, 5.74) is 4.88. The molecule has 0 aliphatic carbocycles. The Bertz CT molecular complexity index is 254. The van der Waals surface area contributed by atoms with Gasteiger partial charge in [-0.05, 0) is 13.8 Å². The quantitative estimate of drug-likeness (QED) is 0.438. The van der Waals surface area contributed by atoms with Crippen LogP contribution in [0.4, 0.5) is 4.79 Å². The summed E-state index contributed by atoms with van der Waals surface area (Å²) < 4.78 is 0. The van der Waals surface area contributed by atoms with Gasteiger partial charge in [0.15, 0.2) is 0 Å². The minimum Gasteiger partial charge on any atom is -0.369 e. The molecule has 0 heterocycles. The van der Waals surface area contributed by atoms with Gasteiger partial charge in [0, 0.05) is 6.54 Å². The van der Waals surface area contributed by atoms with Gasteiger partial charge in [0.2, 0.25) is 11.8 Å². The molecule has 86 valence electrons. The van der Waals surface area contributed by atoms with Gasteiger partial charge < -0.3 is 11.1 Å². The molecule has 0 fully saturated rings. The standard InChI is InChI=1S/C8H16N4O3/c1-3-10-8(15)12-7(14)5(2)11-4-6(9)13/h5,11H,3-4H2,1-2H3,(H2,9,13)(H2,10,12,14,15). The van der Waals surface area contributed by atoms with Crippen LogP contribution in [0.3, 0.4) is 0 Å². The normalized spacial score (nSPS) is 11.6. The minimum absolute atomic E-state index is 0.107. The van der Waals surface area contributed by atoms with E-state index in [0.29, 0.717) is 6.54 Å². The third-order valence-corrected chi connectivity index (χ3v) is 1.55. The topological polar surface area (TPSA) is 113 Å². The Kier molecular flexibility index (Phi) is 6.03. The van der Waals surface area contributed by atoms with Crippen molar-refractivity contribution >= 4 is 17.8 Å². The van der Waals surface area contributed by atoms with E-state index < -0.39 is 23.9 Å². The monoisotopic (exact) mass is 216 g/mol. The summed E-state index contributed by atoms with van der Waals surface area (Å²) in [5, 5.41) is 7.07. The SMILES string of the molecule is CCNC(=O)NC(=O)C(C)NCC(N)=O. The lowest BCUT2D eigenvalue weighted by molar-refractivity contribution is -0.122. The number of carbonyl (C=O) groups is 3. The number of hydrogen-bond donors (Lipinski definition) is 4. The van der Waals surface area contributed by atoms with Crippen LogP contribution in [-0.2, 0) is 9.59 Å². The Labute approximate surface area is 87.8 Å². The first-order valence-corrected chi connectivity index (χ1v) is 4.57. The number of hydrogen-bond acceptors (Lipinski definition) is 4. The van der Waals surface area contributed by atoms with Crippen molar-refractivity contribution in [3.63, 3.8) is 0 Å². The van der Waals surface area contributed by atoms with E-state index in [1.807, 2.05) is 0 Å². The molecule has 0 radical (unpaired) electrons. The van der Waals surface area contributed by atoms with Crippen molar-refractivity contribution in [1.29, 1.82) is 0 Å². The predicted molar refractivity (Wildman–Crippen MR) is 53.9 cm³/mol. The fourth-order valence-electron chi connectivity index (χ4n) is 0.771. The Hall–Kier alpha value is -1.63. The molecule has 0 aliphatic heterocycles. The lowest BCUT2D eigenvalue weighted by atomic mass is 10.3. The second-order valence-electron chi connectivity index (χ2n) is 2.92.